The highest BCUT2D eigenvalue weighted by Gasteiger charge is 2.38. The molecule has 94 valence electrons. The molecule has 16 heavy (non-hydrogen) atoms. The summed E-state index contributed by atoms with van der Waals surface area (Å²) in [5.41, 5.74) is -0.529. The van der Waals surface area contributed by atoms with Gasteiger partial charge in [-0.05, 0) is 34.9 Å². The minimum atomic E-state index is -0.998. The highest BCUT2D eigenvalue weighted by atomic mass is 19.1. The summed E-state index contributed by atoms with van der Waals surface area (Å²) in [6, 6.07) is -0.229. The van der Waals surface area contributed by atoms with E-state index >= 15 is 0 Å². The minimum Gasteiger partial charge on any atom is -0.444 e. The number of hydrogen-bond acceptors (Lipinski definition) is 3. The summed E-state index contributed by atoms with van der Waals surface area (Å²) in [6.45, 7) is 5.92. The lowest BCUT2D eigenvalue weighted by Crippen LogP contribution is -2.38. The number of nitrogens with zero attached hydrogens (tertiary/aromatic N) is 2. The molecule has 1 rings (SSSR count). The summed E-state index contributed by atoms with van der Waals surface area (Å²) in [6.07, 6.45) is -1.43. The Morgan fingerprint density at radius 1 is 1.38 bits per heavy atom. The minimum absolute atomic E-state index is 0.123. The Labute approximate surface area is 96.3 Å². The van der Waals surface area contributed by atoms with Crippen molar-refractivity contribution in [2.45, 2.75) is 38.6 Å². The van der Waals surface area contributed by atoms with Crippen LogP contribution >= 0.6 is 0 Å². The van der Waals surface area contributed by atoms with Gasteiger partial charge in [0.2, 0.25) is 0 Å². The van der Waals surface area contributed by atoms with E-state index in [2.05, 4.69) is 0 Å². The van der Waals surface area contributed by atoms with E-state index in [4.69, 9.17) is 4.74 Å². The Morgan fingerprint density at radius 2 is 1.94 bits per heavy atom. The predicted molar refractivity (Wildman–Crippen MR) is 60.2 cm³/mol. The SMILES string of the molecule is CN(C)C1CN(C(=O)OC(C)(C)C)C[C@H]1F. The highest BCUT2D eigenvalue weighted by Crippen LogP contribution is 2.19. The second-order valence-electron chi connectivity index (χ2n) is 5.43. The molecule has 0 aromatic rings. The molecule has 1 unspecified atom stereocenters. The lowest BCUT2D eigenvalue weighted by Gasteiger charge is -2.24. The fourth-order valence-corrected chi connectivity index (χ4v) is 1.71. The van der Waals surface area contributed by atoms with E-state index in [1.54, 1.807) is 25.7 Å². The Kier molecular flexibility index (Phi) is 3.78. The summed E-state index contributed by atoms with van der Waals surface area (Å²) in [7, 11) is 3.63. The Morgan fingerprint density at radius 3 is 2.31 bits per heavy atom. The quantitative estimate of drug-likeness (QED) is 0.687. The molecular weight excluding hydrogens is 211 g/mol. The van der Waals surface area contributed by atoms with Crippen molar-refractivity contribution < 1.29 is 13.9 Å². The monoisotopic (exact) mass is 232 g/mol. The standard InChI is InChI=1S/C11H21FN2O2/c1-11(2,3)16-10(15)14-6-8(12)9(7-14)13(4)5/h8-9H,6-7H2,1-5H3/t8-,9?/m1/s1. The molecule has 0 bridgehead atoms. The van der Waals surface area contributed by atoms with Gasteiger partial charge in [-0.25, -0.2) is 9.18 Å². The molecule has 1 fully saturated rings. The fraction of sp³-hybridized carbons (Fsp3) is 0.909. The van der Waals surface area contributed by atoms with Crippen LogP contribution in [0.1, 0.15) is 20.8 Å². The number of hydrogen-bond donors (Lipinski definition) is 0. The summed E-state index contributed by atoms with van der Waals surface area (Å²) in [5, 5.41) is 0. The van der Waals surface area contributed by atoms with E-state index in [0.717, 1.165) is 0 Å². The van der Waals surface area contributed by atoms with Gasteiger partial charge in [0.15, 0.2) is 0 Å². The molecule has 0 aromatic heterocycles. The fourth-order valence-electron chi connectivity index (χ4n) is 1.71. The van der Waals surface area contributed by atoms with Crippen LogP contribution in [0.5, 0.6) is 0 Å². The maximum absolute atomic E-state index is 13.6. The maximum atomic E-state index is 13.6. The van der Waals surface area contributed by atoms with Crippen LogP contribution in [0.4, 0.5) is 9.18 Å². The number of alkyl halides is 1. The summed E-state index contributed by atoms with van der Waals surface area (Å²) in [5.74, 6) is 0. The zero-order valence-electron chi connectivity index (χ0n) is 10.7. The van der Waals surface area contributed by atoms with Gasteiger partial charge >= 0.3 is 6.09 Å². The first kappa shape index (κ1) is 13.2. The largest absolute Gasteiger partial charge is 0.444 e. The van der Waals surface area contributed by atoms with Crippen LogP contribution in [-0.2, 0) is 4.74 Å². The third-order valence-corrected chi connectivity index (χ3v) is 2.53. The molecule has 2 atom stereocenters. The van der Waals surface area contributed by atoms with Crippen LogP contribution in [0, 0.1) is 0 Å². The van der Waals surface area contributed by atoms with Crippen molar-refractivity contribution in [3.8, 4) is 0 Å². The van der Waals surface area contributed by atoms with Gasteiger partial charge < -0.3 is 14.5 Å². The van der Waals surface area contributed by atoms with Gasteiger partial charge in [0, 0.05) is 6.54 Å². The van der Waals surface area contributed by atoms with E-state index in [9.17, 15) is 9.18 Å². The van der Waals surface area contributed by atoms with E-state index < -0.39 is 17.9 Å². The molecule has 1 aliphatic heterocycles. The molecule has 5 heteroatoms. The summed E-state index contributed by atoms with van der Waals surface area (Å²) < 4.78 is 18.8. The number of ether oxygens (including phenoxy) is 1. The molecule has 1 aliphatic rings. The zero-order valence-corrected chi connectivity index (χ0v) is 10.7. The van der Waals surface area contributed by atoms with Gasteiger partial charge in [0.1, 0.15) is 11.8 Å². The topological polar surface area (TPSA) is 32.8 Å². The second kappa shape index (κ2) is 4.57. The first-order chi connectivity index (χ1) is 7.20. The normalized spacial score (nSPS) is 26.3. The van der Waals surface area contributed by atoms with Crippen LogP contribution in [-0.4, -0.2) is 60.9 Å². The van der Waals surface area contributed by atoms with Gasteiger partial charge in [0.25, 0.3) is 0 Å². The van der Waals surface area contributed by atoms with Crippen LogP contribution in [0.3, 0.4) is 0 Å². The number of likely N-dealkylation sites (tertiary alicyclic amines) is 1. The molecular formula is C11H21FN2O2. The highest BCUT2D eigenvalue weighted by molar-refractivity contribution is 5.68. The number of rotatable bonds is 1. The average Bonchev–Trinajstić information content (AvgIpc) is 2.44. The number of carbonyl (C=O) groups excluding carboxylic acids is 1. The van der Waals surface area contributed by atoms with Crippen molar-refractivity contribution in [2.75, 3.05) is 27.2 Å². The number of halogens is 1. The Bertz CT molecular complexity index is 263. The van der Waals surface area contributed by atoms with Gasteiger partial charge in [-0.3, -0.25) is 0 Å². The molecule has 4 nitrogen and oxygen atoms in total. The van der Waals surface area contributed by atoms with Gasteiger partial charge in [-0.2, -0.15) is 0 Å². The lowest BCUT2D eigenvalue weighted by atomic mass is 10.2. The smallest absolute Gasteiger partial charge is 0.410 e. The first-order valence-corrected chi connectivity index (χ1v) is 5.49. The van der Waals surface area contributed by atoms with Crippen molar-refractivity contribution in [1.82, 2.24) is 9.80 Å². The van der Waals surface area contributed by atoms with E-state index in [-0.39, 0.29) is 12.6 Å². The van der Waals surface area contributed by atoms with Gasteiger partial charge in [-0.1, -0.05) is 0 Å². The van der Waals surface area contributed by atoms with Crippen LogP contribution < -0.4 is 0 Å². The van der Waals surface area contributed by atoms with Crippen molar-refractivity contribution >= 4 is 6.09 Å². The van der Waals surface area contributed by atoms with Crippen molar-refractivity contribution in [3.63, 3.8) is 0 Å². The molecule has 0 aromatic carbocycles. The molecule has 0 N–H and O–H groups in total. The Balaban J connectivity index is 2.55. The van der Waals surface area contributed by atoms with E-state index in [1.807, 2.05) is 14.1 Å². The van der Waals surface area contributed by atoms with E-state index in [0.29, 0.717) is 6.54 Å². The average molecular weight is 232 g/mol. The third-order valence-electron chi connectivity index (χ3n) is 2.53. The van der Waals surface area contributed by atoms with Crippen LogP contribution in [0.2, 0.25) is 0 Å². The van der Waals surface area contributed by atoms with Gasteiger partial charge in [0.05, 0.1) is 12.6 Å². The molecule has 1 saturated heterocycles. The number of amides is 1. The molecule has 1 heterocycles. The predicted octanol–water partition coefficient (Wildman–Crippen LogP) is 1.51. The van der Waals surface area contributed by atoms with Crippen molar-refractivity contribution in [3.05, 3.63) is 0 Å². The second-order valence-corrected chi connectivity index (χ2v) is 5.43. The van der Waals surface area contributed by atoms with Crippen molar-refractivity contribution in [2.24, 2.45) is 0 Å². The molecule has 0 spiro atoms. The van der Waals surface area contributed by atoms with E-state index in [1.165, 1.54) is 4.90 Å². The molecule has 1 amide bonds. The number of likely N-dealkylation sites (N-methyl/N-ethyl adjacent to an activating group) is 1. The third kappa shape index (κ3) is 3.33. The van der Waals surface area contributed by atoms with Crippen LogP contribution in [0.15, 0.2) is 0 Å². The molecule has 0 saturated carbocycles. The summed E-state index contributed by atoms with van der Waals surface area (Å²) >= 11 is 0. The van der Waals surface area contributed by atoms with Crippen molar-refractivity contribution in [1.29, 1.82) is 0 Å². The lowest BCUT2D eigenvalue weighted by molar-refractivity contribution is 0.0279. The molecule has 0 aliphatic carbocycles. The number of carbonyl (C=O) groups is 1. The summed E-state index contributed by atoms with van der Waals surface area (Å²) in [4.78, 5) is 14.9. The molecule has 0 radical (unpaired) electrons. The first-order valence-electron chi connectivity index (χ1n) is 5.49. The Hall–Kier alpha value is -0.840. The van der Waals surface area contributed by atoms with Gasteiger partial charge in [-0.15, -0.1) is 0 Å². The van der Waals surface area contributed by atoms with Crippen LogP contribution in [0.25, 0.3) is 0 Å². The zero-order chi connectivity index (χ0) is 12.5. The maximum Gasteiger partial charge on any atom is 0.410 e.